The second-order valence-electron chi connectivity index (χ2n) is 4.08. The van der Waals surface area contributed by atoms with E-state index in [2.05, 4.69) is 26.2 Å². The molecule has 1 aromatic carbocycles. The van der Waals surface area contributed by atoms with Crippen molar-refractivity contribution in [1.82, 2.24) is 4.98 Å². The Balaban J connectivity index is 1.94. The Morgan fingerprint density at radius 1 is 1.35 bits per heavy atom. The number of nitrogens with zero attached hydrogens (tertiary/aromatic N) is 2. The molecule has 7 heteroatoms. The highest BCUT2D eigenvalue weighted by molar-refractivity contribution is 9.10. The van der Waals surface area contributed by atoms with Crippen LogP contribution in [0.3, 0.4) is 0 Å². The summed E-state index contributed by atoms with van der Waals surface area (Å²) in [6.45, 7) is 0.672. The van der Waals surface area contributed by atoms with E-state index in [0.29, 0.717) is 21.9 Å². The summed E-state index contributed by atoms with van der Waals surface area (Å²) in [6.07, 6.45) is 2.04. The third-order valence-corrected chi connectivity index (χ3v) is 3.51. The van der Waals surface area contributed by atoms with Crippen LogP contribution in [0.1, 0.15) is 5.56 Å². The molecule has 1 aromatic heterocycles. The molecule has 0 unspecified atom stereocenters. The van der Waals surface area contributed by atoms with Crippen molar-refractivity contribution in [3.8, 4) is 0 Å². The fraction of sp³-hybridized carbons (Fsp3) is 0.154. The molecule has 0 spiro atoms. The van der Waals surface area contributed by atoms with Crippen LogP contribution in [0.2, 0.25) is 5.02 Å². The molecule has 104 valence electrons. The largest absolute Gasteiger partial charge is 0.369 e. The summed E-state index contributed by atoms with van der Waals surface area (Å²) in [4.78, 5) is 14.2. The molecule has 2 aromatic rings. The van der Waals surface area contributed by atoms with Crippen molar-refractivity contribution >= 4 is 39.0 Å². The van der Waals surface area contributed by atoms with Crippen LogP contribution in [0.4, 0.5) is 11.5 Å². The standard InChI is InChI=1S/C13H11BrClN3O2/c14-12-7-11(18(19)20)8-17-13(12)16-6-5-9-1-3-10(15)4-2-9/h1-4,7-8H,5-6H2,(H,16,17). The van der Waals surface area contributed by atoms with Gasteiger partial charge in [0.1, 0.15) is 12.0 Å². The zero-order chi connectivity index (χ0) is 14.5. The van der Waals surface area contributed by atoms with E-state index in [1.165, 1.54) is 12.3 Å². The smallest absolute Gasteiger partial charge is 0.288 e. The fourth-order valence-electron chi connectivity index (χ4n) is 1.63. The van der Waals surface area contributed by atoms with Gasteiger partial charge in [-0.1, -0.05) is 23.7 Å². The fourth-order valence-corrected chi connectivity index (χ4v) is 2.24. The average Bonchev–Trinajstić information content (AvgIpc) is 2.42. The van der Waals surface area contributed by atoms with Gasteiger partial charge in [0.15, 0.2) is 0 Å². The highest BCUT2D eigenvalue weighted by Crippen LogP contribution is 2.24. The van der Waals surface area contributed by atoms with Crippen LogP contribution in [0.25, 0.3) is 0 Å². The number of anilines is 1. The molecule has 0 aliphatic rings. The third-order valence-electron chi connectivity index (χ3n) is 2.66. The number of hydrogen-bond donors (Lipinski definition) is 1. The van der Waals surface area contributed by atoms with Crippen LogP contribution in [0, 0.1) is 10.1 Å². The maximum Gasteiger partial charge on any atom is 0.288 e. The molecule has 1 N–H and O–H groups in total. The maximum absolute atomic E-state index is 10.6. The molecule has 20 heavy (non-hydrogen) atoms. The van der Waals surface area contributed by atoms with Crippen molar-refractivity contribution in [2.24, 2.45) is 0 Å². The first-order valence-corrected chi connectivity index (χ1v) is 7.01. The van der Waals surface area contributed by atoms with Crippen LogP contribution >= 0.6 is 27.5 Å². The third kappa shape index (κ3) is 3.91. The zero-order valence-corrected chi connectivity index (χ0v) is 12.7. The lowest BCUT2D eigenvalue weighted by Gasteiger charge is -2.07. The lowest BCUT2D eigenvalue weighted by molar-refractivity contribution is -0.385. The molecule has 0 saturated heterocycles. The number of rotatable bonds is 5. The number of benzene rings is 1. The molecule has 0 aliphatic heterocycles. The molecular formula is C13H11BrClN3O2. The van der Waals surface area contributed by atoms with Crippen LogP contribution in [0.15, 0.2) is 41.0 Å². The van der Waals surface area contributed by atoms with Gasteiger partial charge >= 0.3 is 0 Å². The maximum atomic E-state index is 10.6. The quantitative estimate of drug-likeness (QED) is 0.648. The van der Waals surface area contributed by atoms with Crippen molar-refractivity contribution in [2.75, 3.05) is 11.9 Å². The van der Waals surface area contributed by atoms with Crippen LogP contribution in [0.5, 0.6) is 0 Å². The van der Waals surface area contributed by atoms with Gasteiger partial charge in [0.25, 0.3) is 5.69 Å². The van der Waals surface area contributed by atoms with E-state index in [9.17, 15) is 10.1 Å². The van der Waals surface area contributed by atoms with Gasteiger partial charge in [-0.25, -0.2) is 4.98 Å². The monoisotopic (exact) mass is 355 g/mol. The van der Waals surface area contributed by atoms with Gasteiger partial charge in [0.05, 0.1) is 9.40 Å². The summed E-state index contributed by atoms with van der Waals surface area (Å²) < 4.78 is 0.572. The lowest BCUT2D eigenvalue weighted by atomic mass is 10.1. The Hall–Kier alpha value is -1.66. The van der Waals surface area contributed by atoms with Gasteiger partial charge in [-0.15, -0.1) is 0 Å². The number of aromatic nitrogens is 1. The first-order chi connectivity index (χ1) is 9.56. The number of nitrogens with one attached hydrogen (secondary N) is 1. The second kappa shape index (κ2) is 6.67. The van der Waals surface area contributed by atoms with E-state index >= 15 is 0 Å². The Labute approximate surface area is 129 Å². The molecule has 0 amide bonds. The molecule has 5 nitrogen and oxygen atoms in total. The van der Waals surface area contributed by atoms with Gasteiger partial charge in [-0.2, -0.15) is 0 Å². The summed E-state index contributed by atoms with van der Waals surface area (Å²) >= 11 is 9.08. The number of hydrogen-bond acceptors (Lipinski definition) is 4. The van der Waals surface area contributed by atoms with Gasteiger partial charge in [-0.3, -0.25) is 10.1 Å². The van der Waals surface area contributed by atoms with Gasteiger partial charge in [0.2, 0.25) is 0 Å². The molecule has 0 atom stereocenters. The Kier molecular flexibility index (Phi) is 4.92. The first kappa shape index (κ1) is 14.7. The minimum absolute atomic E-state index is 0.0415. The normalized spacial score (nSPS) is 10.3. The molecule has 1 heterocycles. The summed E-state index contributed by atoms with van der Waals surface area (Å²) in [5, 5.41) is 14.4. The van der Waals surface area contributed by atoms with E-state index < -0.39 is 4.92 Å². The summed E-state index contributed by atoms with van der Waals surface area (Å²) in [5.41, 5.74) is 1.11. The molecule has 0 saturated carbocycles. The Morgan fingerprint density at radius 3 is 2.65 bits per heavy atom. The van der Waals surface area contributed by atoms with Gasteiger partial charge < -0.3 is 5.32 Å². The highest BCUT2D eigenvalue weighted by Gasteiger charge is 2.10. The number of nitro groups is 1. The minimum atomic E-state index is -0.477. The Morgan fingerprint density at radius 2 is 2.05 bits per heavy atom. The van der Waals surface area contributed by atoms with Crippen molar-refractivity contribution in [3.63, 3.8) is 0 Å². The lowest BCUT2D eigenvalue weighted by Crippen LogP contribution is -2.07. The molecule has 0 bridgehead atoms. The van der Waals surface area contributed by atoms with Crippen molar-refractivity contribution in [2.45, 2.75) is 6.42 Å². The summed E-state index contributed by atoms with van der Waals surface area (Å²) in [6, 6.07) is 9.04. The van der Waals surface area contributed by atoms with Crippen LogP contribution < -0.4 is 5.32 Å². The predicted octanol–water partition coefficient (Wildman–Crippen LogP) is 4.06. The molecule has 0 aliphatic carbocycles. The van der Waals surface area contributed by atoms with Crippen molar-refractivity contribution in [1.29, 1.82) is 0 Å². The Bertz CT molecular complexity index is 620. The van der Waals surface area contributed by atoms with Gasteiger partial charge in [0, 0.05) is 17.6 Å². The van der Waals surface area contributed by atoms with E-state index in [0.717, 1.165) is 12.0 Å². The number of halogens is 2. The summed E-state index contributed by atoms with van der Waals surface area (Å²) in [5.74, 6) is 0.588. The van der Waals surface area contributed by atoms with E-state index in [4.69, 9.17) is 11.6 Å². The van der Waals surface area contributed by atoms with E-state index in [-0.39, 0.29) is 5.69 Å². The molecule has 0 radical (unpaired) electrons. The number of pyridine rings is 1. The van der Waals surface area contributed by atoms with Crippen LogP contribution in [-0.2, 0) is 6.42 Å². The van der Waals surface area contributed by atoms with Crippen molar-refractivity contribution in [3.05, 3.63) is 61.7 Å². The minimum Gasteiger partial charge on any atom is -0.369 e. The van der Waals surface area contributed by atoms with E-state index in [1.807, 2.05) is 24.3 Å². The van der Waals surface area contributed by atoms with Gasteiger partial charge in [-0.05, 0) is 40.0 Å². The zero-order valence-electron chi connectivity index (χ0n) is 10.3. The molecule has 0 fully saturated rings. The topological polar surface area (TPSA) is 68.1 Å². The second-order valence-corrected chi connectivity index (χ2v) is 5.38. The van der Waals surface area contributed by atoms with E-state index in [1.54, 1.807) is 0 Å². The molecule has 2 rings (SSSR count). The average molecular weight is 357 g/mol. The van der Waals surface area contributed by atoms with Crippen molar-refractivity contribution < 1.29 is 4.92 Å². The first-order valence-electron chi connectivity index (χ1n) is 5.84. The summed E-state index contributed by atoms with van der Waals surface area (Å²) in [7, 11) is 0. The molecular weight excluding hydrogens is 346 g/mol. The van der Waals surface area contributed by atoms with Crippen LogP contribution in [-0.4, -0.2) is 16.5 Å². The predicted molar refractivity (Wildman–Crippen MR) is 82.2 cm³/mol. The highest BCUT2D eigenvalue weighted by atomic mass is 79.9. The SMILES string of the molecule is O=[N+]([O-])c1cnc(NCCc2ccc(Cl)cc2)c(Br)c1.